The average molecular weight is 305 g/mol. The summed E-state index contributed by atoms with van der Waals surface area (Å²) in [6, 6.07) is 16.3. The minimum absolute atomic E-state index is 0.135. The minimum atomic E-state index is -0.220. The molecule has 1 unspecified atom stereocenters. The van der Waals surface area contributed by atoms with Gasteiger partial charge in [0.1, 0.15) is 5.75 Å². The molecule has 3 aromatic rings. The van der Waals surface area contributed by atoms with Crippen molar-refractivity contribution in [2.24, 2.45) is 0 Å². The van der Waals surface area contributed by atoms with E-state index in [2.05, 4.69) is 10.2 Å². The van der Waals surface area contributed by atoms with Crippen molar-refractivity contribution in [1.29, 1.82) is 0 Å². The first-order valence-electron chi connectivity index (χ1n) is 7.39. The third-order valence-corrected chi connectivity index (χ3v) is 4.19. The maximum atomic E-state index is 12.9. The number of fused-ring (bicyclic) bond motifs is 1. The molecule has 0 fully saturated rings. The van der Waals surface area contributed by atoms with Crippen molar-refractivity contribution >= 4 is 11.6 Å². The fraction of sp³-hybridized carbons (Fsp3) is 0.111. The third-order valence-electron chi connectivity index (χ3n) is 4.19. The molecule has 4 rings (SSSR count). The highest BCUT2D eigenvalue weighted by atomic mass is 16.3. The van der Waals surface area contributed by atoms with Crippen molar-refractivity contribution in [1.82, 2.24) is 10.2 Å². The van der Waals surface area contributed by atoms with E-state index in [1.54, 1.807) is 29.2 Å². The summed E-state index contributed by atoms with van der Waals surface area (Å²) in [5.74, 6) is 0.0372. The van der Waals surface area contributed by atoms with E-state index in [0.29, 0.717) is 5.69 Å². The molecule has 5 heteroatoms. The largest absolute Gasteiger partial charge is 0.508 e. The number of aromatic amines is 1. The fourth-order valence-corrected chi connectivity index (χ4v) is 3.13. The fourth-order valence-electron chi connectivity index (χ4n) is 3.13. The van der Waals surface area contributed by atoms with Gasteiger partial charge >= 0.3 is 0 Å². The number of amides is 1. The summed E-state index contributed by atoms with van der Waals surface area (Å²) in [5, 5.41) is 16.6. The number of nitrogens with zero attached hydrogens (tertiary/aromatic N) is 2. The van der Waals surface area contributed by atoms with Crippen molar-refractivity contribution in [2.45, 2.75) is 13.0 Å². The number of aryl methyl sites for hydroxylation is 1. The molecule has 1 aliphatic rings. The Labute approximate surface area is 133 Å². The van der Waals surface area contributed by atoms with Crippen LogP contribution in [0.25, 0.3) is 0 Å². The Kier molecular flexibility index (Phi) is 2.94. The van der Waals surface area contributed by atoms with Crippen LogP contribution in [-0.2, 0) is 0 Å². The molecule has 2 aromatic carbocycles. The molecule has 0 spiro atoms. The predicted molar refractivity (Wildman–Crippen MR) is 86.5 cm³/mol. The van der Waals surface area contributed by atoms with Crippen LogP contribution in [0.5, 0.6) is 5.75 Å². The zero-order valence-electron chi connectivity index (χ0n) is 12.5. The molecule has 0 saturated carbocycles. The quantitative estimate of drug-likeness (QED) is 0.764. The molecule has 1 aromatic heterocycles. The number of hydrogen-bond donors (Lipinski definition) is 2. The van der Waals surface area contributed by atoms with Crippen molar-refractivity contribution in [2.75, 3.05) is 4.90 Å². The molecule has 0 saturated heterocycles. The second kappa shape index (κ2) is 4.98. The summed E-state index contributed by atoms with van der Waals surface area (Å²) in [5.41, 5.74) is 4.03. The summed E-state index contributed by atoms with van der Waals surface area (Å²) in [6.45, 7) is 1.93. The second-order valence-corrected chi connectivity index (χ2v) is 5.62. The van der Waals surface area contributed by atoms with Crippen LogP contribution in [0.15, 0.2) is 54.6 Å². The summed E-state index contributed by atoms with van der Waals surface area (Å²) < 4.78 is 0. The number of rotatable bonds is 2. The molecule has 1 atom stereocenters. The topological polar surface area (TPSA) is 69.2 Å². The van der Waals surface area contributed by atoms with Gasteiger partial charge in [-0.3, -0.25) is 14.8 Å². The number of anilines is 1. The maximum Gasteiger partial charge on any atom is 0.279 e. The Morgan fingerprint density at radius 3 is 2.48 bits per heavy atom. The predicted octanol–water partition coefficient (Wildman–Crippen LogP) is 3.17. The SMILES string of the molecule is Cc1[nH]nc2c1C(c1ccccc1)N(c1ccc(O)cc1)C2=O. The number of carbonyl (C=O) groups excluding carboxylic acids is 1. The summed E-state index contributed by atoms with van der Waals surface area (Å²) in [6.07, 6.45) is 0. The molecule has 0 aliphatic carbocycles. The van der Waals surface area contributed by atoms with Gasteiger partial charge in [0.25, 0.3) is 5.91 Å². The Morgan fingerprint density at radius 1 is 1.09 bits per heavy atom. The van der Waals surface area contributed by atoms with Gasteiger partial charge in [0.2, 0.25) is 0 Å². The number of nitrogens with one attached hydrogen (secondary N) is 1. The zero-order chi connectivity index (χ0) is 16.0. The van der Waals surface area contributed by atoms with Crippen LogP contribution in [0.4, 0.5) is 5.69 Å². The van der Waals surface area contributed by atoms with E-state index in [9.17, 15) is 9.90 Å². The molecule has 1 aliphatic heterocycles. The first-order chi connectivity index (χ1) is 11.2. The summed E-state index contributed by atoms with van der Waals surface area (Å²) in [4.78, 5) is 14.6. The molecular formula is C18H15N3O2. The lowest BCUT2D eigenvalue weighted by Gasteiger charge is -2.26. The summed E-state index contributed by atoms with van der Waals surface area (Å²) in [7, 11) is 0. The first kappa shape index (κ1) is 13.6. The van der Waals surface area contributed by atoms with E-state index < -0.39 is 0 Å². The third kappa shape index (κ3) is 2.01. The van der Waals surface area contributed by atoms with Crippen LogP contribution >= 0.6 is 0 Å². The number of phenols is 1. The van der Waals surface area contributed by atoms with Crippen molar-refractivity contribution in [3.63, 3.8) is 0 Å². The van der Waals surface area contributed by atoms with Gasteiger partial charge in [-0.05, 0) is 36.8 Å². The van der Waals surface area contributed by atoms with Crippen LogP contribution < -0.4 is 4.90 Å². The first-order valence-corrected chi connectivity index (χ1v) is 7.39. The lowest BCUT2D eigenvalue weighted by atomic mass is 9.99. The molecule has 2 heterocycles. The molecule has 1 amide bonds. The van der Waals surface area contributed by atoms with Crippen LogP contribution in [0.3, 0.4) is 0 Å². The van der Waals surface area contributed by atoms with E-state index in [1.807, 2.05) is 37.3 Å². The van der Waals surface area contributed by atoms with Gasteiger partial charge in [-0.15, -0.1) is 0 Å². The van der Waals surface area contributed by atoms with Gasteiger partial charge in [0, 0.05) is 16.9 Å². The van der Waals surface area contributed by atoms with Crippen LogP contribution in [0, 0.1) is 6.92 Å². The highest BCUT2D eigenvalue weighted by Crippen LogP contribution is 2.42. The smallest absolute Gasteiger partial charge is 0.279 e. The zero-order valence-corrected chi connectivity index (χ0v) is 12.5. The van der Waals surface area contributed by atoms with Crippen LogP contribution in [0.2, 0.25) is 0 Å². The monoisotopic (exact) mass is 305 g/mol. The molecule has 0 bridgehead atoms. The maximum absolute atomic E-state index is 12.9. The number of aromatic nitrogens is 2. The Hall–Kier alpha value is -3.08. The highest BCUT2D eigenvalue weighted by Gasteiger charge is 2.42. The lowest BCUT2D eigenvalue weighted by Crippen LogP contribution is -2.29. The molecule has 2 N–H and O–H groups in total. The van der Waals surface area contributed by atoms with Crippen LogP contribution in [0.1, 0.15) is 33.4 Å². The number of benzene rings is 2. The molecular weight excluding hydrogens is 290 g/mol. The Balaban J connectivity index is 1.91. The van der Waals surface area contributed by atoms with E-state index in [-0.39, 0.29) is 17.7 Å². The molecule has 5 nitrogen and oxygen atoms in total. The van der Waals surface area contributed by atoms with Crippen molar-refractivity contribution in [3.05, 3.63) is 77.1 Å². The molecule has 23 heavy (non-hydrogen) atoms. The number of aromatic hydroxyl groups is 1. The minimum Gasteiger partial charge on any atom is -0.508 e. The Bertz CT molecular complexity index is 869. The normalized spacial score (nSPS) is 16.7. The standard InChI is InChI=1S/C18H15N3O2/c1-11-15-16(20-19-11)18(23)21(13-7-9-14(22)10-8-13)17(15)12-5-3-2-4-6-12/h2-10,17,22H,1H3,(H,19,20). The van der Waals surface area contributed by atoms with Gasteiger partial charge in [0.05, 0.1) is 6.04 Å². The lowest BCUT2D eigenvalue weighted by molar-refractivity contribution is 0.0988. The van der Waals surface area contributed by atoms with E-state index in [4.69, 9.17) is 0 Å². The molecule has 114 valence electrons. The van der Waals surface area contributed by atoms with Gasteiger partial charge < -0.3 is 5.11 Å². The molecule has 0 radical (unpaired) electrons. The second-order valence-electron chi connectivity index (χ2n) is 5.62. The highest BCUT2D eigenvalue weighted by molar-refractivity contribution is 6.10. The van der Waals surface area contributed by atoms with Gasteiger partial charge in [-0.2, -0.15) is 5.10 Å². The van der Waals surface area contributed by atoms with E-state index in [0.717, 1.165) is 22.5 Å². The average Bonchev–Trinajstić information content (AvgIpc) is 3.08. The van der Waals surface area contributed by atoms with Crippen LogP contribution in [-0.4, -0.2) is 21.2 Å². The Morgan fingerprint density at radius 2 is 1.78 bits per heavy atom. The number of hydrogen-bond acceptors (Lipinski definition) is 3. The van der Waals surface area contributed by atoms with E-state index >= 15 is 0 Å². The van der Waals surface area contributed by atoms with Gasteiger partial charge in [-0.1, -0.05) is 30.3 Å². The van der Waals surface area contributed by atoms with Crippen molar-refractivity contribution in [3.8, 4) is 5.75 Å². The van der Waals surface area contributed by atoms with Gasteiger partial charge in [0.15, 0.2) is 5.69 Å². The number of H-pyrrole nitrogens is 1. The van der Waals surface area contributed by atoms with Gasteiger partial charge in [-0.25, -0.2) is 0 Å². The number of carbonyl (C=O) groups is 1. The van der Waals surface area contributed by atoms with Crippen molar-refractivity contribution < 1.29 is 9.90 Å². The van der Waals surface area contributed by atoms with E-state index in [1.165, 1.54) is 0 Å². The summed E-state index contributed by atoms with van der Waals surface area (Å²) >= 11 is 0. The number of phenolic OH excluding ortho intramolecular Hbond substituents is 1.